The second kappa shape index (κ2) is 11.5. The van der Waals surface area contributed by atoms with Gasteiger partial charge in [0, 0.05) is 5.56 Å². The molecule has 26 heavy (non-hydrogen) atoms. The molecule has 1 unspecified atom stereocenters. The fourth-order valence-electron chi connectivity index (χ4n) is 3.13. The van der Waals surface area contributed by atoms with Gasteiger partial charge in [0.1, 0.15) is 11.5 Å². The van der Waals surface area contributed by atoms with Crippen molar-refractivity contribution in [1.29, 1.82) is 0 Å². The number of phenols is 2. The molecular weight excluding hydrogens is 352 g/mol. The second-order valence-corrected chi connectivity index (χ2v) is 7.85. The lowest BCUT2D eigenvalue weighted by Gasteiger charge is -2.14. The topological polar surface area (TPSA) is 77.8 Å². The highest BCUT2D eigenvalue weighted by Gasteiger charge is 2.19. The molecule has 1 aromatic carbocycles. The Kier molecular flexibility index (Phi) is 10.0. The number of carbonyl (C=O) groups is 1. The van der Waals surface area contributed by atoms with E-state index in [2.05, 4.69) is 0 Å². The fraction of sp³-hybridized carbons (Fsp3) is 0.667. The van der Waals surface area contributed by atoms with Crippen molar-refractivity contribution < 1.29 is 20.1 Å². The molecule has 0 radical (unpaired) electrons. The number of aromatic hydroxyl groups is 2. The van der Waals surface area contributed by atoms with Crippen LogP contribution in [0.5, 0.6) is 11.5 Å². The maximum Gasteiger partial charge on any atom is 0.154 e. The minimum Gasteiger partial charge on any atom is -0.507 e. The number of aliphatic hydroxyl groups is 1. The number of halogens is 1. The Balaban J connectivity index is 2.31. The number of hydrogen-bond acceptors (Lipinski definition) is 4. The zero-order chi connectivity index (χ0) is 19.7. The Bertz CT molecular complexity index is 584. The Labute approximate surface area is 162 Å². The molecule has 0 saturated carbocycles. The Morgan fingerprint density at radius 3 is 2.04 bits per heavy atom. The average Bonchev–Trinajstić information content (AvgIpc) is 2.61. The van der Waals surface area contributed by atoms with Gasteiger partial charge >= 0.3 is 0 Å². The van der Waals surface area contributed by atoms with Crippen LogP contribution in [0.25, 0.3) is 0 Å². The summed E-state index contributed by atoms with van der Waals surface area (Å²) in [5, 5.41) is 30.2. The third-order valence-corrected chi connectivity index (χ3v) is 5.54. The number of unbranched alkanes of at least 4 members (excludes halogenated alkanes) is 6. The van der Waals surface area contributed by atoms with Crippen LogP contribution in [0.4, 0.5) is 0 Å². The molecule has 0 amide bonds. The monoisotopic (exact) mass is 384 g/mol. The normalized spacial score (nSPS) is 12.5. The minimum absolute atomic E-state index is 0.115. The first kappa shape index (κ1) is 22.8. The van der Waals surface area contributed by atoms with Gasteiger partial charge in [0.05, 0.1) is 16.7 Å². The molecule has 0 bridgehead atoms. The van der Waals surface area contributed by atoms with Gasteiger partial charge in [0.25, 0.3) is 0 Å². The maximum atomic E-state index is 11.1. The molecular formula is C21H33ClO4. The molecule has 148 valence electrons. The van der Waals surface area contributed by atoms with Gasteiger partial charge in [-0.05, 0) is 37.7 Å². The largest absolute Gasteiger partial charge is 0.507 e. The third-order valence-electron chi connectivity index (χ3n) is 5.08. The van der Waals surface area contributed by atoms with Crippen LogP contribution in [-0.2, 0) is 6.42 Å². The van der Waals surface area contributed by atoms with Crippen LogP contribution in [0.15, 0.2) is 0 Å². The van der Waals surface area contributed by atoms with Crippen LogP contribution in [0.1, 0.15) is 86.7 Å². The van der Waals surface area contributed by atoms with E-state index in [1.165, 1.54) is 0 Å². The smallest absolute Gasteiger partial charge is 0.154 e. The van der Waals surface area contributed by atoms with Crippen LogP contribution in [0.3, 0.4) is 0 Å². The molecule has 4 nitrogen and oxygen atoms in total. The molecule has 0 spiro atoms. The number of carbonyl (C=O) groups excluding carboxylic acids is 1. The van der Waals surface area contributed by atoms with Crippen molar-refractivity contribution in [3.63, 3.8) is 0 Å². The summed E-state index contributed by atoms with van der Waals surface area (Å²) in [5.41, 5.74) is 0.930. The van der Waals surface area contributed by atoms with E-state index >= 15 is 0 Å². The van der Waals surface area contributed by atoms with Gasteiger partial charge in [-0.3, -0.25) is 4.79 Å². The summed E-state index contributed by atoms with van der Waals surface area (Å²) in [6, 6.07) is 0. The maximum absolute atomic E-state index is 11.1. The molecule has 0 saturated heterocycles. The van der Waals surface area contributed by atoms with Gasteiger partial charge in [-0.25, -0.2) is 0 Å². The Morgan fingerprint density at radius 2 is 1.50 bits per heavy atom. The van der Waals surface area contributed by atoms with Crippen LogP contribution in [0.2, 0.25) is 5.02 Å². The zero-order valence-electron chi connectivity index (χ0n) is 16.2. The summed E-state index contributed by atoms with van der Waals surface area (Å²) in [6.45, 7) is 5.69. The Morgan fingerprint density at radius 1 is 0.962 bits per heavy atom. The van der Waals surface area contributed by atoms with Crippen molar-refractivity contribution in [2.75, 3.05) is 0 Å². The van der Waals surface area contributed by atoms with Gasteiger partial charge in [-0.2, -0.15) is 0 Å². The van der Waals surface area contributed by atoms with Crippen molar-refractivity contribution in [3.8, 4) is 11.5 Å². The molecule has 0 aliphatic carbocycles. The SMILES string of the molecule is Cc1c(Cl)c(O)c(CCCCCCCCCC(O)C(C)C)c(O)c1C=O. The van der Waals surface area contributed by atoms with E-state index in [1.54, 1.807) is 6.92 Å². The molecule has 1 rings (SSSR count). The second-order valence-electron chi connectivity index (χ2n) is 7.47. The number of hydrogen-bond donors (Lipinski definition) is 3. The molecule has 0 aliphatic rings. The molecule has 3 N–H and O–H groups in total. The van der Waals surface area contributed by atoms with E-state index in [-0.39, 0.29) is 28.2 Å². The van der Waals surface area contributed by atoms with Crippen molar-refractivity contribution in [2.45, 2.75) is 84.7 Å². The predicted molar refractivity (Wildman–Crippen MR) is 106 cm³/mol. The number of rotatable bonds is 12. The lowest BCUT2D eigenvalue weighted by molar-refractivity contribution is 0.111. The van der Waals surface area contributed by atoms with Crippen LogP contribution >= 0.6 is 11.6 Å². The van der Waals surface area contributed by atoms with Gasteiger partial charge in [0.2, 0.25) is 0 Å². The van der Waals surface area contributed by atoms with Crippen molar-refractivity contribution in [3.05, 3.63) is 21.7 Å². The van der Waals surface area contributed by atoms with Gasteiger partial charge in [-0.15, -0.1) is 0 Å². The van der Waals surface area contributed by atoms with Gasteiger partial charge < -0.3 is 15.3 Å². The molecule has 0 aliphatic heterocycles. The summed E-state index contributed by atoms with van der Waals surface area (Å²) in [5.74, 6) is 0.0666. The molecule has 1 aromatic rings. The minimum atomic E-state index is -0.187. The Hall–Kier alpha value is -1.26. The van der Waals surface area contributed by atoms with Crippen LogP contribution in [0, 0.1) is 12.8 Å². The number of aldehydes is 1. The molecule has 1 atom stereocenters. The van der Waals surface area contributed by atoms with Crippen molar-refractivity contribution >= 4 is 17.9 Å². The van der Waals surface area contributed by atoms with Gasteiger partial charge in [0.15, 0.2) is 6.29 Å². The summed E-state index contributed by atoms with van der Waals surface area (Å²) < 4.78 is 0. The van der Waals surface area contributed by atoms with Crippen LogP contribution < -0.4 is 0 Å². The molecule has 0 aromatic heterocycles. The van der Waals surface area contributed by atoms with E-state index in [0.717, 1.165) is 51.4 Å². The number of phenolic OH excluding ortho intramolecular Hbond substituents is 2. The van der Waals surface area contributed by atoms with Gasteiger partial charge in [-0.1, -0.05) is 64.0 Å². The highest BCUT2D eigenvalue weighted by atomic mass is 35.5. The first-order valence-electron chi connectivity index (χ1n) is 9.67. The van der Waals surface area contributed by atoms with E-state index in [1.807, 2.05) is 13.8 Å². The quantitative estimate of drug-likeness (QED) is 0.326. The summed E-state index contributed by atoms with van der Waals surface area (Å²) in [7, 11) is 0. The first-order valence-corrected chi connectivity index (χ1v) is 10.0. The molecule has 5 heteroatoms. The standard InChI is InChI=1S/C21H33ClO4/c1-14(2)18(24)12-10-8-6-4-5-7-9-11-16-20(25)17(13-23)15(3)19(22)21(16)26/h13-14,18,24-26H,4-12H2,1-3H3. The van der Waals surface area contributed by atoms with E-state index < -0.39 is 0 Å². The van der Waals surface area contributed by atoms with E-state index in [9.17, 15) is 20.1 Å². The average molecular weight is 385 g/mol. The lowest BCUT2D eigenvalue weighted by atomic mass is 9.97. The highest BCUT2D eigenvalue weighted by molar-refractivity contribution is 6.33. The van der Waals surface area contributed by atoms with E-state index in [0.29, 0.717) is 29.8 Å². The fourth-order valence-corrected chi connectivity index (χ4v) is 3.35. The first-order chi connectivity index (χ1) is 12.3. The van der Waals surface area contributed by atoms with Crippen molar-refractivity contribution in [1.82, 2.24) is 0 Å². The summed E-state index contributed by atoms with van der Waals surface area (Å²) in [4.78, 5) is 11.1. The predicted octanol–water partition coefficient (Wildman–Crippen LogP) is 5.55. The molecule has 0 fully saturated rings. The number of aliphatic hydroxyl groups excluding tert-OH is 1. The number of benzene rings is 1. The van der Waals surface area contributed by atoms with Crippen LogP contribution in [-0.4, -0.2) is 27.7 Å². The molecule has 0 heterocycles. The zero-order valence-corrected chi connectivity index (χ0v) is 17.0. The lowest BCUT2D eigenvalue weighted by Crippen LogP contribution is -2.13. The third kappa shape index (κ3) is 6.48. The summed E-state index contributed by atoms with van der Waals surface area (Å²) in [6.07, 6.45) is 9.19. The van der Waals surface area contributed by atoms with E-state index in [4.69, 9.17) is 11.6 Å². The summed E-state index contributed by atoms with van der Waals surface area (Å²) >= 11 is 6.05. The highest BCUT2D eigenvalue weighted by Crippen LogP contribution is 2.40. The van der Waals surface area contributed by atoms with Crippen molar-refractivity contribution in [2.24, 2.45) is 5.92 Å².